The maximum Gasteiger partial charge on any atom is 0.227 e. The summed E-state index contributed by atoms with van der Waals surface area (Å²) in [6.07, 6.45) is 1.26. The predicted molar refractivity (Wildman–Crippen MR) is 90.8 cm³/mol. The highest BCUT2D eigenvalue weighted by Crippen LogP contribution is 2.34. The second kappa shape index (κ2) is 7.49. The second-order valence-corrected chi connectivity index (χ2v) is 6.28. The van der Waals surface area contributed by atoms with E-state index in [1.165, 1.54) is 0 Å². The third-order valence-corrected chi connectivity index (χ3v) is 4.06. The fourth-order valence-electron chi connectivity index (χ4n) is 2.59. The molecule has 0 aromatic heterocycles. The molecule has 1 N–H and O–H groups in total. The van der Waals surface area contributed by atoms with Crippen molar-refractivity contribution in [3.8, 4) is 5.75 Å². The molecule has 0 fully saturated rings. The standard InChI is InChI=1S/C18H26N2O3/c1-5-13(3)19-17(21)8-9-18(22)20-11-14(4)23-16-7-6-12(2)10-15(16)20/h6-7,10,13-14H,5,8-9,11H2,1-4H3,(H,19,21). The maximum atomic E-state index is 12.6. The zero-order valence-corrected chi connectivity index (χ0v) is 14.4. The molecule has 1 aromatic rings. The van der Waals surface area contributed by atoms with Crippen molar-refractivity contribution in [2.24, 2.45) is 0 Å². The van der Waals surface area contributed by atoms with Gasteiger partial charge in [-0.05, 0) is 44.9 Å². The lowest BCUT2D eigenvalue weighted by Crippen LogP contribution is -2.43. The van der Waals surface area contributed by atoms with Gasteiger partial charge in [-0.3, -0.25) is 9.59 Å². The van der Waals surface area contributed by atoms with Gasteiger partial charge in [-0.15, -0.1) is 0 Å². The van der Waals surface area contributed by atoms with Gasteiger partial charge in [0.1, 0.15) is 11.9 Å². The molecule has 2 rings (SSSR count). The minimum atomic E-state index is -0.0709. The number of benzene rings is 1. The van der Waals surface area contributed by atoms with Crippen LogP contribution in [0.2, 0.25) is 0 Å². The summed E-state index contributed by atoms with van der Waals surface area (Å²) in [6.45, 7) is 8.43. The van der Waals surface area contributed by atoms with E-state index in [1.54, 1.807) is 4.90 Å². The van der Waals surface area contributed by atoms with Gasteiger partial charge < -0.3 is 15.0 Å². The van der Waals surface area contributed by atoms with E-state index in [2.05, 4.69) is 5.32 Å². The molecule has 5 heteroatoms. The molecule has 1 aliphatic heterocycles. The van der Waals surface area contributed by atoms with Crippen molar-refractivity contribution in [3.63, 3.8) is 0 Å². The first-order valence-corrected chi connectivity index (χ1v) is 8.27. The summed E-state index contributed by atoms with van der Waals surface area (Å²) in [4.78, 5) is 26.2. The minimum absolute atomic E-state index is 0.0358. The minimum Gasteiger partial charge on any atom is -0.487 e. The SMILES string of the molecule is CCC(C)NC(=O)CCC(=O)N1CC(C)Oc2ccc(C)cc21. The molecule has 0 saturated heterocycles. The first-order chi connectivity index (χ1) is 10.9. The van der Waals surface area contributed by atoms with Gasteiger partial charge in [0.05, 0.1) is 12.2 Å². The number of aryl methyl sites for hydroxylation is 1. The normalized spacial score (nSPS) is 17.9. The third-order valence-electron chi connectivity index (χ3n) is 4.06. The number of amides is 2. The molecule has 1 aliphatic rings. The van der Waals surface area contributed by atoms with E-state index in [4.69, 9.17) is 4.74 Å². The molecule has 0 saturated carbocycles. The summed E-state index contributed by atoms with van der Waals surface area (Å²) in [7, 11) is 0. The molecule has 0 radical (unpaired) electrons. The Morgan fingerprint density at radius 3 is 2.83 bits per heavy atom. The van der Waals surface area contributed by atoms with Crippen LogP contribution in [0, 0.1) is 6.92 Å². The summed E-state index contributed by atoms with van der Waals surface area (Å²) >= 11 is 0. The van der Waals surface area contributed by atoms with Crippen LogP contribution in [0.25, 0.3) is 0 Å². The summed E-state index contributed by atoms with van der Waals surface area (Å²) in [5, 5.41) is 2.89. The quantitative estimate of drug-likeness (QED) is 0.908. The Labute approximate surface area is 138 Å². The van der Waals surface area contributed by atoms with Crippen LogP contribution in [0.5, 0.6) is 5.75 Å². The smallest absolute Gasteiger partial charge is 0.227 e. The van der Waals surface area contributed by atoms with Gasteiger partial charge in [0.15, 0.2) is 0 Å². The van der Waals surface area contributed by atoms with Gasteiger partial charge in [0.2, 0.25) is 11.8 Å². The third kappa shape index (κ3) is 4.47. The summed E-state index contributed by atoms with van der Waals surface area (Å²) in [5.74, 6) is 0.622. The van der Waals surface area contributed by atoms with Gasteiger partial charge in [-0.2, -0.15) is 0 Å². The van der Waals surface area contributed by atoms with Crippen molar-refractivity contribution in [2.75, 3.05) is 11.4 Å². The fourth-order valence-corrected chi connectivity index (χ4v) is 2.59. The fraction of sp³-hybridized carbons (Fsp3) is 0.556. The van der Waals surface area contributed by atoms with Crippen molar-refractivity contribution in [2.45, 2.75) is 59.1 Å². The van der Waals surface area contributed by atoms with E-state index in [1.807, 2.05) is 45.9 Å². The Morgan fingerprint density at radius 1 is 1.39 bits per heavy atom. The number of rotatable bonds is 5. The second-order valence-electron chi connectivity index (χ2n) is 6.28. The molecular formula is C18H26N2O3. The van der Waals surface area contributed by atoms with Gasteiger partial charge in [-0.1, -0.05) is 13.0 Å². The van der Waals surface area contributed by atoms with Crippen LogP contribution >= 0.6 is 0 Å². The topological polar surface area (TPSA) is 58.6 Å². The van der Waals surface area contributed by atoms with E-state index in [0.717, 1.165) is 23.4 Å². The summed E-state index contributed by atoms with van der Waals surface area (Å²) < 4.78 is 5.79. The van der Waals surface area contributed by atoms with Crippen molar-refractivity contribution in [3.05, 3.63) is 23.8 Å². The molecule has 23 heavy (non-hydrogen) atoms. The van der Waals surface area contributed by atoms with E-state index in [0.29, 0.717) is 6.54 Å². The highest BCUT2D eigenvalue weighted by atomic mass is 16.5. The molecule has 1 heterocycles. The number of hydrogen-bond acceptors (Lipinski definition) is 3. The zero-order valence-electron chi connectivity index (χ0n) is 14.4. The van der Waals surface area contributed by atoms with E-state index in [9.17, 15) is 9.59 Å². The van der Waals surface area contributed by atoms with E-state index < -0.39 is 0 Å². The van der Waals surface area contributed by atoms with Crippen LogP contribution in [-0.2, 0) is 9.59 Å². The number of ether oxygens (including phenoxy) is 1. The Balaban J connectivity index is 2.02. The monoisotopic (exact) mass is 318 g/mol. The number of carbonyl (C=O) groups is 2. The Kier molecular flexibility index (Phi) is 5.64. The Morgan fingerprint density at radius 2 is 2.13 bits per heavy atom. The first-order valence-electron chi connectivity index (χ1n) is 8.27. The molecule has 0 aliphatic carbocycles. The van der Waals surface area contributed by atoms with Gasteiger partial charge in [-0.25, -0.2) is 0 Å². The van der Waals surface area contributed by atoms with Crippen molar-refractivity contribution < 1.29 is 14.3 Å². The highest BCUT2D eigenvalue weighted by molar-refractivity contribution is 5.97. The van der Waals surface area contributed by atoms with E-state index >= 15 is 0 Å². The molecule has 126 valence electrons. The number of anilines is 1. The lowest BCUT2D eigenvalue weighted by Gasteiger charge is -2.33. The molecule has 2 amide bonds. The molecule has 2 unspecified atom stereocenters. The van der Waals surface area contributed by atoms with Gasteiger partial charge in [0.25, 0.3) is 0 Å². The van der Waals surface area contributed by atoms with Crippen molar-refractivity contribution in [1.29, 1.82) is 0 Å². The Hall–Kier alpha value is -2.04. The first kappa shape index (κ1) is 17.3. The van der Waals surface area contributed by atoms with Crippen LogP contribution in [0.3, 0.4) is 0 Å². The average molecular weight is 318 g/mol. The number of hydrogen-bond donors (Lipinski definition) is 1. The van der Waals surface area contributed by atoms with E-state index in [-0.39, 0.29) is 36.8 Å². The number of fused-ring (bicyclic) bond motifs is 1. The lowest BCUT2D eigenvalue weighted by atomic mass is 10.1. The van der Waals surface area contributed by atoms with Crippen LogP contribution in [0.15, 0.2) is 18.2 Å². The summed E-state index contributed by atoms with van der Waals surface area (Å²) in [6, 6.07) is 5.97. The number of nitrogens with zero attached hydrogens (tertiary/aromatic N) is 1. The number of carbonyl (C=O) groups excluding carboxylic acids is 2. The average Bonchev–Trinajstić information content (AvgIpc) is 2.52. The maximum absolute atomic E-state index is 12.6. The molecule has 0 bridgehead atoms. The molecule has 5 nitrogen and oxygen atoms in total. The van der Waals surface area contributed by atoms with Crippen LogP contribution < -0.4 is 15.0 Å². The Bertz CT molecular complexity index is 586. The van der Waals surface area contributed by atoms with Crippen LogP contribution in [0.1, 0.15) is 45.6 Å². The van der Waals surface area contributed by atoms with Crippen LogP contribution in [-0.4, -0.2) is 30.5 Å². The zero-order chi connectivity index (χ0) is 17.0. The number of nitrogens with one attached hydrogen (secondary N) is 1. The highest BCUT2D eigenvalue weighted by Gasteiger charge is 2.27. The van der Waals surface area contributed by atoms with Crippen LogP contribution in [0.4, 0.5) is 5.69 Å². The van der Waals surface area contributed by atoms with Crippen molar-refractivity contribution in [1.82, 2.24) is 5.32 Å². The molecule has 1 aromatic carbocycles. The lowest BCUT2D eigenvalue weighted by molar-refractivity contribution is -0.125. The molecule has 2 atom stereocenters. The molecule has 0 spiro atoms. The van der Waals surface area contributed by atoms with Crippen molar-refractivity contribution >= 4 is 17.5 Å². The largest absolute Gasteiger partial charge is 0.487 e. The van der Waals surface area contributed by atoms with Gasteiger partial charge in [0, 0.05) is 18.9 Å². The molecular weight excluding hydrogens is 292 g/mol. The van der Waals surface area contributed by atoms with Gasteiger partial charge >= 0.3 is 0 Å². The predicted octanol–water partition coefficient (Wildman–Crippen LogP) is 2.80. The summed E-state index contributed by atoms with van der Waals surface area (Å²) in [5.41, 5.74) is 1.88.